The van der Waals surface area contributed by atoms with Crippen LogP contribution in [0.15, 0.2) is 18.2 Å². The van der Waals surface area contributed by atoms with Crippen LogP contribution < -0.4 is 5.32 Å². The van der Waals surface area contributed by atoms with Crippen molar-refractivity contribution < 1.29 is 9.50 Å². The highest BCUT2D eigenvalue weighted by Gasteiger charge is 2.16. The maximum absolute atomic E-state index is 13.3. The van der Waals surface area contributed by atoms with Gasteiger partial charge in [0, 0.05) is 11.6 Å². The minimum atomic E-state index is -0.307. The molecule has 1 aromatic carbocycles. The number of aliphatic hydroxyl groups is 1. The van der Waals surface area contributed by atoms with Gasteiger partial charge in [-0.05, 0) is 31.0 Å². The zero-order valence-corrected chi connectivity index (χ0v) is 7.96. The lowest BCUT2D eigenvalue weighted by Crippen LogP contribution is -2.13. The van der Waals surface area contributed by atoms with Gasteiger partial charge in [0.05, 0.1) is 6.61 Å². The maximum Gasteiger partial charge on any atom is 0.129 e. The Morgan fingerprint density at radius 1 is 1.50 bits per heavy atom. The first-order valence-corrected chi connectivity index (χ1v) is 4.94. The SMILES string of the molecule is OCc1ccc([C@H]2CCCN2)cc1F. The smallest absolute Gasteiger partial charge is 0.129 e. The Bertz CT molecular complexity index is 321. The second kappa shape index (κ2) is 4.07. The molecule has 1 fully saturated rings. The van der Waals surface area contributed by atoms with Gasteiger partial charge in [-0.1, -0.05) is 12.1 Å². The first-order valence-electron chi connectivity index (χ1n) is 4.94. The molecule has 0 aromatic heterocycles. The Morgan fingerprint density at radius 3 is 2.93 bits per heavy atom. The average Bonchev–Trinajstić information content (AvgIpc) is 2.70. The predicted octanol–water partition coefficient (Wildman–Crippen LogP) is 1.74. The summed E-state index contributed by atoms with van der Waals surface area (Å²) in [5.74, 6) is -0.307. The molecule has 1 aliphatic heterocycles. The highest BCUT2D eigenvalue weighted by molar-refractivity contribution is 5.26. The summed E-state index contributed by atoms with van der Waals surface area (Å²) in [7, 11) is 0. The highest BCUT2D eigenvalue weighted by Crippen LogP contribution is 2.24. The molecule has 2 nitrogen and oxygen atoms in total. The lowest BCUT2D eigenvalue weighted by molar-refractivity contribution is 0.275. The number of halogens is 1. The van der Waals surface area contributed by atoms with Crippen LogP contribution in [0.25, 0.3) is 0 Å². The van der Waals surface area contributed by atoms with Gasteiger partial charge in [-0.3, -0.25) is 0 Å². The summed E-state index contributed by atoms with van der Waals surface area (Å²) in [4.78, 5) is 0. The quantitative estimate of drug-likeness (QED) is 0.753. The topological polar surface area (TPSA) is 32.3 Å². The molecular weight excluding hydrogens is 181 g/mol. The first kappa shape index (κ1) is 9.62. The predicted molar refractivity (Wildman–Crippen MR) is 52.3 cm³/mol. The van der Waals surface area contributed by atoms with E-state index >= 15 is 0 Å². The zero-order valence-electron chi connectivity index (χ0n) is 7.96. The van der Waals surface area contributed by atoms with Gasteiger partial charge in [0.1, 0.15) is 5.82 Å². The van der Waals surface area contributed by atoms with E-state index in [1.54, 1.807) is 6.07 Å². The van der Waals surface area contributed by atoms with Crippen molar-refractivity contribution in [2.24, 2.45) is 0 Å². The molecule has 0 aliphatic carbocycles. The molecule has 1 aromatic rings. The molecule has 1 atom stereocenters. The number of hydrogen-bond donors (Lipinski definition) is 2. The van der Waals surface area contributed by atoms with Crippen molar-refractivity contribution in [3.63, 3.8) is 0 Å². The Morgan fingerprint density at radius 2 is 2.36 bits per heavy atom. The Kier molecular flexibility index (Phi) is 2.79. The molecule has 1 saturated heterocycles. The van der Waals surface area contributed by atoms with Gasteiger partial charge in [-0.2, -0.15) is 0 Å². The number of rotatable bonds is 2. The van der Waals surface area contributed by atoms with E-state index in [0.29, 0.717) is 5.56 Å². The van der Waals surface area contributed by atoms with Crippen molar-refractivity contribution in [1.29, 1.82) is 0 Å². The molecule has 0 amide bonds. The molecule has 0 spiro atoms. The Hall–Kier alpha value is -0.930. The van der Waals surface area contributed by atoms with E-state index in [1.807, 2.05) is 6.07 Å². The van der Waals surface area contributed by atoms with Crippen LogP contribution in [0, 0.1) is 5.82 Å². The normalized spacial score (nSPS) is 21.4. The molecule has 14 heavy (non-hydrogen) atoms. The summed E-state index contributed by atoms with van der Waals surface area (Å²) in [6.45, 7) is 0.776. The second-order valence-electron chi connectivity index (χ2n) is 3.66. The van der Waals surface area contributed by atoms with Crippen LogP contribution in [0.5, 0.6) is 0 Å². The first-order chi connectivity index (χ1) is 6.81. The minimum Gasteiger partial charge on any atom is -0.392 e. The molecule has 3 heteroatoms. The molecule has 2 rings (SSSR count). The van der Waals surface area contributed by atoms with Crippen LogP contribution in [0.3, 0.4) is 0 Å². The van der Waals surface area contributed by atoms with Gasteiger partial charge >= 0.3 is 0 Å². The van der Waals surface area contributed by atoms with Gasteiger partial charge in [0.25, 0.3) is 0 Å². The van der Waals surface area contributed by atoms with Crippen molar-refractivity contribution in [2.45, 2.75) is 25.5 Å². The standard InChI is InChI=1S/C11H14FNO/c12-10-6-8(3-4-9(10)7-14)11-2-1-5-13-11/h3-4,6,11,13-14H,1-2,5,7H2/t11-/m1/s1. The zero-order chi connectivity index (χ0) is 9.97. The molecule has 76 valence electrons. The average molecular weight is 195 g/mol. The summed E-state index contributed by atoms with van der Waals surface area (Å²) < 4.78 is 13.3. The van der Waals surface area contributed by atoms with Gasteiger partial charge in [-0.15, -0.1) is 0 Å². The van der Waals surface area contributed by atoms with Crippen LogP contribution in [-0.4, -0.2) is 11.7 Å². The van der Waals surface area contributed by atoms with Crippen LogP contribution in [0.1, 0.15) is 30.0 Å². The lowest BCUT2D eigenvalue weighted by atomic mass is 10.0. The number of benzene rings is 1. The van der Waals surface area contributed by atoms with Crippen molar-refractivity contribution >= 4 is 0 Å². The van der Waals surface area contributed by atoms with Crippen molar-refractivity contribution in [2.75, 3.05) is 6.54 Å². The fourth-order valence-corrected chi connectivity index (χ4v) is 1.88. The van der Waals surface area contributed by atoms with E-state index in [0.717, 1.165) is 24.9 Å². The third kappa shape index (κ3) is 1.79. The number of hydrogen-bond acceptors (Lipinski definition) is 2. The maximum atomic E-state index is 13.3. The summed E-state index contributed by atoms with van der Waals surface area (Å²) in [6.07, 6.45) is 2.21. The molecule has 1 aliphatic rings. The highest BCUT2D eigenvalue weighted by atomic mass is 19.1. The monoisotopic (exact) mass is 195 g/mol. The third-order valence-corrected chi connectivity index (χ3v) is 2.71. The summed E-state index contributed by atoms with van der Waals surface area (Å²) in [6, 6.07) is 5.36. The summed E-state index contributed by atoms with van der Waals surface area (Å²) in [5.41, 5.74) is 1.35. The van der Waals surface area contributed by atoms with Crippen LogP contribution in [0.4, 0.5) is 4.39 Å². The van der Waals surface area contributed by atoms with Crippen LogP contribution in [0.2, 0.25) is 0 Å². The van der Waals surface area contributed by atoms with E-state index < -0.39 is 0 Å². The van der Waals surface area contributed by atoms with Gasteiger partial charge < -0.3 is 10.4 Å². The van der Waals surface area contributed by atoms with E-state index in [-0.39, 0.29) is 18.5 Å². The van der Waals surface area contributed by atoms with E-state index in [1.165, 1.54) is 6.07 Å². The van der Waals surface area contributed by atoms with E-state index in [4.69, 9.17) is 5.11 Å². The molecule has 0 radical (unpaired) electrons. The van der Waals surface area contributed by atoms with Crippen molar-refractivity contribution in [3.8, 4) is 0 Å². The van der Waals surface area contributed by atoms with Crippen molar-refractivity contribution in [3.05, 3.63) is 35.1 Å². The van der Waals surface area contributed by atoms with Gasteiger partial charge in [0.15, 0.2) is 0 Å². The van der Waals surface area contributed by atoms with Crippen LogP contribution >= 0.6 is 0 Å². The fourth-order valence-electron chi connectivity index (χ4n) is 1.88. The Balaban J connectivity index is 2.23. The Labute approximate surface area is 82.8 Å². The third-order valence-electron chi connectivity index (χ3n) is 2.71. The second-order valence-corrected chi connectivity index (χ2v) is 3.66. The molecule has 1 heterocycles. The lowest BCUT2D eigenvalue weighted by Gasteiger charge is -2.11. The summed E-state index contributed by atoms with van der Waals surface area (Å²) in [5, 5.41) is 12.1. The van der Waals surface area contributed by atoms with Gasteiger partial charge in [0.2, 0.25) is 0 Å². The largest absolute Gasteiger partial charge is 0.392 e. The molecular formula is C11H14FNO. The van der Waals surface area contributed by atoms with E-state index in [9.17, 15) is 4.39 Å². The van der Waals surface area contributed by atoms with Gasteiger partial charge in [-0.25, -0.2) is 4.39 Å². The molecule has 2 N–H and O–H groups in total. The molecule has 0 saturated carbocycles. The number of nitrogens with one attached hydrogen (secondary N) is 1. The van der Waals surface area contributed by atoms with Crippen LogP contribution in [-0.2, 0) is 6.61 Å². The molecule has 0 unspecified atom stereocenters. The summed E-state index contributed by atoms with van der Waals surface area (Å²) >= 11 is 0. The molecule has 0 bridgehead atoms. The van der Waals surface area contributed by atoms with E-state index in [2.05, 4.69) is 5.32 Å². The van der Waals surface area contributed by atoms with Crippen molar-refractivity contribution in [1.82, 2.24) is 5.32 Å². The number of aliphatic hydroxyl groups excluding tert-OH is 1. The fraction of sp³-hybridized carbons (Fsp3) is 0.455. The minimum absolute atomic E-state index is 0.232.